The monoisotopic (exact) mass is 266 g/mol. The van der Waals surface area contributed by atoms with E-state index < -0.39 is 0 Å². The molecule has 1 aromatic heterocycles. The molecule has 0 amide bonds. The number of nitrogen functional groups attached to an aromatic ring is 1. The minimum absolute atomic E-state index is 0.0556. The number of hydrogen-bond donors (Lipinski definition) is 2. The largest absolute Gasteiger partial charge is 0.397 e. The number of nitrogens with two attached hydrogens (primary N) is 1. The van der Waals surface area contributed by atoms with Gasteiger partial charge in [-0.2, -0.15) is 0 Å². The lowest BCUT2D eigenvalue weighted by atomic mass is 10.0. The Hall–Kier alpha value is -1.03. The molecule has 100 valence electrons. The van der Waals surface area contributed by atoms with Gasteiger partial charge in [0.2, 0.25) is 0 Å². The number of hydrogen-bond acceptors (Lipinski definition) is 4. The minimum Gasteiger partial charge on any atom is -0.397 e. The zero-order valence-electron chi connectivity index (χ0n) is 11.2. The molecule has 0 saturated heterocycles. The van der Waals surface area contributed by atoms with Gasteiger partial charge in [-0.25, -0.2) is 0 Å². The first kappa shape index (κ1) is 13.4. The van der Waals surface area contributed by atoms with Gasteiger partial charge >= 0.3 is 0 Å². The Morgan fingerprint density at radius 3 is 2.83 bits per heavy atom. The number of carbonyl (C=O) groups excluding carboxylic acids is 1. The summed E-state index contributed by atoms with van der Waals surface area (Å²) in [5.41, 5.74) is 6.46. The van der Waals surface area contributed by atoms with Crippen LogP contribution in [0.15, 0.2) is 6.07 Å². The highest BCUT2D eigenvalue weighted by molar-refractivity contribution is 7.18. The van der Waals surface area contributed by atoms with Crippen molar-refractivity contribution in [3.05, 3.63) is 10.9 Å². The fourth-order valence-electron chi connectivity index (χ4n) is 2.58. The van der Waals surface area contributed by atoms with Crippen molar-refractivity contribution in [1.82, 2.24) is 0 Å². The van der Waals surface area contributed by atoms with E-state index in [4.69, 9.17) is 5.73 Å². The summed E-state index contributed by atoms with van der Waals surface area (Å²) in [6.45, 7) is 3.90. The number of ketones is 1. The van der Waals surface area contributed by atoms with E-state index in [2.05, 4.69) is 12.2 Å². The second-order valence-electron chi connectivity index (χ2n) is 5.41. The van der Waals surface area contributed by atoms with Crippen LogP contribution >= 0.6 is 11.3 Å². The van der Waals surface area contributed by atoms with Crippen molar-refractivity contribution in [2.75, 3.05) is 11.1 Å². The third kappa shape index (κ3) is 3.25. The second kappa shape index (κ2) is 5.74. The molecule has 3 N–H and O–H groups in total. The molecule has 0 bridgehead atoms. The molecule has 2 unspecified atom stereocenters. The van der Waals surface area contributed by atoms with Crippen LogP contribution in [0.5, 0.6) is 0 Å². The van der Waals surface area contributed by atoms with Crippen LogP contribution in [0.4, 0.5) is 10.7 Å². The molecular weight excluding hydrogens is 244 g/mol. The fraction of sp³-hybridized carbons (Fsp3) is 0.643. The number of Topliss-reactive ketones (excluding diaryl/α,β-unsaturated/α-hetero) is 1. The van der Waals surface area contributed by atoms with Crippen LogP contribution in [0.25, 0.3) is 0 Å². The summed E-state index contributed by atoms with van der Waals surface area (Å²) in [5.74, 6) is 0.901. The van der Waals surface area contributed by atoms with Crippen LogP contribution in [0, 0.1) is 5.92 Å². The molecule has 4 heteroatoms. The van der Waals surface area contributed by atoms with Crippen molar-refractivity contribution in [3.63, 3.8) is 0 Å². The molecule has 0 spiro atoms. The fourth-order valence-corrected chi connectivity index (χ4v) is 3.54. The van der Waals surface area contributed by atoms with Gasteiger partial charge in [0, 0.05) is 13.0 Å². The first-order valence-electron chi connectivity index (χ1n) is 6.73. The predicted octanol–water partition coefficient (Wildman–Crippen LogP) is 3.91. The molecule has 1 aliphatic carbocycles. The summed E-state index contributed by atoms with van der Waals surface area (Å²) < 4.78 is 0. The average Bonchev–Trinajstić information content (AvgIpc) is 2.54. The van der Waals surface area contributed by atoms with E-state index in [9.17, 15) is 4.79 Å². The number of thiophene rings is 1. The van der Waals surface area contributed by atoms with Crippen molar-refractivity contribution in [2.45, 2.75) is 52.0 Å². The van der Waals surface area contributed by atoms with Gasteiger partial charge < -0.3 is 11.1 Å². The normalized spacial score (nSPS) is 24.6. The third-order valence-corrected chi connectivity index (χ3v) is 4.87. The van der Waals surface area contributed by atoms with Gasteiger partial charge in [0.1, 0.15) is 0 Å². The van der Waals surface area contributed by atoms with Crippen molar-refractivity contribution in [2.24, 2.45) is 5.92 Å². The Bertz CT molecular complexity index is 427. The Morgan fingerprint density at radius 2 is 2.17 bits per heavy atom. The van der Waals surface area contributed by atoms with E-state index in [1.165, 1.54) is 43.4 Å². The van der Waals surface area contributed by atoms with Crippen LogP contribution in [-0.4, -0.2) is 11.8 Å². The van der Waals surface area contributed by atoms with Gasteiger partial charge in [0.15, 0.2) is 5.78 Å². The molecule has 1 fully saturated rings. The van der Waals surface area contributed by atoms with Crippen molar-refractivity contribution in [1.29, 1.82) is 0 Å². The van der Waals surface area contributed by atoms with Crippen LogP contribution in [0.1, 0.15) is 55.6 Å². The van der Waals surface area contributed by atoms with E-state index in [-0.39, 0.29) is 5.78 Å². The van der Waals surface area contributed by atoms with Gasteiger partial charge in [-0.3, -0.25) is 4.79 Å². The SMILES string of the molecule is CC(=O)c1sc(NC2CCCC(C)CC2)cc1N. The summed E-state index contributed by atoms with van der Waals surface area (Å²) in [4.78, 5) is 12.1. The van der Waals surface area contributed by atoms with E-state index in [1.54, 1.807) is 6.92 Å². The van der Waals surface area contributed by atoms with Gasteiger partial charge in [-0.05, 0) is 31.2 Å². The molecule has 0 aromatic carbocycles. The van der Waals surface area contributed by atoms with E-state index in [1.807, 2.05) is 6.07 Å². The molecule has 0 radical (unpaired) electrons. The molecule has 3 nitrogen and oxygen atoms in total. The molecule has 1 heterocycles. The van der Waals surface area contributed by atoms with Crippen LogP contribution in [0.3, 0.4) is 0 Å². The second-order valence-corrected chi connectivity index (χ2v) is 6.46. The molecular formula is C14H22N2OS. The summed E-state index contributed by atoms with van der Waals surface area (Å²) >= 11 is 1.48. The lowest BCUT2D eigenvalue weighted by Crippen LogP contribution is -2.17. The molecule has 2 rings (SSSR count). The average molecular weight is 266 g/mol. The number of anilines is 2. The van der Waals surface area contributed by atoms with Gasteiger partial charge in [-0.15, -0.1) is 11.3 Å². The smallest absolute Gasteiger partial charge is 0.171 e. The van der Waals surface area contributed by atoms with Crippen LogP contribution in [0.2, 0.25) is 0 Å². The Labute approximate surface area is 113 Å². The highest BCUT2D eigenvalue weighted by atomic mass is 32.1. The van der Waals surface area contributed by atoms with Crippen LogP contribution in [-0.2, 0) is 0 Å². The van der Waals surface area contributed by atoms with Crippen molar-refractivity contribution in [3.8, 4) is 0 Å². The zero-order valence-corrected chi connectivity index (χ0v) is 12.0. The quantitative estimate of drug-likeness (QED) is 0.644. The summed E-state index contributed by atoms with van der Waals surface area (Å²) in [6, 6.07) is 2.43. The predicted molar refractivity (Wildman–Crippen MR) is 78.4 cm³/mol. The third-order valence-electron chi connectivity index (χ3n) is 3.68. The summed E-state index contributed by atoms with van der Waals surface area (Å²) in [5, 5.41) is 4.58. The molecule has 18 heavy (non-hydrogen) atoms. The van der Waals surface area contributed by atoms with Gasteiger partial charge in [-0.1, -0.05) is 19.8 Å². The van der Waals surface area contributed by atoms with E-state index in [0.717, 1.165) is 10.9 Å². The molecule has 1 aliphatic rings. The Morgan fingerprint density at radius 1 is 1.39 bits per heavy atom. The molecule has 0 aliphatic heterocycles. The van der Waals surface area contributed by atoms with Gasteiger partial charge in [0.25, 0.3) is 0 Å². The molecule has 1 aromatic rings. The number of nitrogens with one attached hydrogen (secondary N) is 1. The maximum atomic E-state index is 11.4. The van der Waals surface area contributed by atoms with Crippen molar-refractivity contribution >= 4 is 27.8 Å². The first-order valence-corrected chi connectivity index (χ1v) is 7.54. The molecule has 2 atom stereocenters. The Kier molecular flexibility index (Phi) is 4.27. The first-order chi connectivity index (χ1) is 8.56. The summed E-state index contributed by atoms with van der Waals surface area (Å²) in [6.07, 6.45) is 6.35. The zero-order chi connectivity index (χ0) is 13.1. The van der Waals surface area contributed by atoms with E-state index in [0.29, 0.717) is 16.6 Å². The molecule has 1 saturated carbocycles. The Balaban J connectivity index is 2.00. The van der Waals surface area contributed by atoms with Crippen LogP contribution < -0.4 is 11.1 Å². The maximum Gasteiger partial charge on any atom is 0.171 e. The lowest BCUT2D eigenvalue weighted by molar-refractivity contribution is 0.102. The minimum atomic E-state index is 0.0556. The number of carbonyl (C=O) groups is 1. The highest BCUT2D eigenvalue weighted by Crippen LogP contribution is 2.32. The highest BCUT2D eigenvalue weighted by Gasteiger charge is 2.18. The topological polar surface area (TPSA) is 55.1 Å². The lowest BCUT2D eigenvalue weighted by Gasteiger charge is -2.16. The number of rotatable bonds is 3. The van der Waals surface area contributed by atoms with Gasteiger partial charge in [0.05, 0.1) is 15.6 Å². The standard InChI is InChI=1S/C14H22N2OS/c1-9-4-3-5-11(7-6-9)16-13-8-12(15)14(18-13)10(2)17/h8-9,11,16H,3-7,15H2,1-2H3. The summed E-state index contributed by atoms with van der Waals surface area (Å²) in [7, 11) is 0. The van der Waals surface area contributed by atoms with E-state index >= 15 is 0 Å². The van der Waals surface area contributed by atoms with Crippen molar-refractivity contribution < 1.29 is 4.79 Å². The maximum absolute atomic E-state index is 11.4.